The van der Waals surface area contributed by atoms with Crippen molar-refractivity contribution in [3.63, 3.8) is 0 Å². The van der Waals surface area contributed by atoms with Crippen LogP contribution in [0.3, 0.4) is 0 Å². The molecule has 0 fully saturated rings. The van der Waals surface area contributed by atoms with Crippen LogP contribution in [0.25, 0.3) is 0 Å². The van der Waals surface area contributed by atoms with Crippen molar-refractivity contribution in [3.8, 4) is 0 Å². The molecule has 0 aromatic carbocycles. The summed E-state index contributed by atoms with van der Waals surface area (Å²) in [5.41, 5.74) is -0.286. The lowest BCUT2D eigenvalue weighted by molar-refractivity contribution is 0.191. The van der Waals surface area contributed by atoms with E-state index in [-0.39, 0.29) is 16.6 Å². The van der Waals surface area contributed by atoms with Gasteiger partial charge in [0, 0.05) is 20.3 Å². The fraction of sp³-hybridized carbons (Fsp3) is 0.667. The quantitative estimate of drug-likeness (QED) is 0.635. The Morgan fingerprint density at radius 3 is 2.56 bits per heavy atom. The maximum atomic E-state index is 12.1. The minimum Gasteiger partial charge on any atom is -0.385 e. The van der Waals surface area contributed by atoms with E-state index < -0.39 is 5.69 Å². The lowest BCUT2D eigenvalue weighted by Crippen LogP contribution is -2.37. The number of nitrogens with one attached hydrogen (secondary N) is 1. The van der Waals surface area contributed by atoms with Gasteiger partial charge in [-0.3, -0.25) is 14.3 Å². The van der Waals surface area contributed by atoms with Crippen LogP contribution in [0.15, 0.2) is 9.59 Å². The molecule has 0 spiro atoms. The van der Waals surface area contributed by atoms with Crippen LogP contribution in [0.5, 0.6) is 0 Å². The number of halogens is 1. The van der Waals surface area contributed by atoms with E-state index >= 15 is 0 Å². The molecule has 6 heteroatoms. The Labute approximate surface area is 111 Å². The van der Waals surface area contributed by atoms with Gasteiger partial charge in [0.2, 0.25) is 0 Å². The molecule has 18 heavy (non-hydrogen) atoms. The molecule has 0 aliphatic rings. The number of nitrogens with zero attached hydrogens (tertiary/aromatic N) is 1. The average Bonchev–Trinajstić information content (AvgIpc) is 2.26. The first kappa shape index (κ1) is 15.0. The monoisotopic (exact) mass is 274 g/mol. The minimum atomic E-state index is -0.452. The van der Waals surface area contributed by atoms with Gasteiger partial charge in [-0.05, 0) is 18.8 Å². The standard InChI is InChI=1S/C12H19ClN2O3/c1-8(2)9-10(13)14-12(17)15(11(9)16)6-4-5-7-18-3/h8H,4-7H2,1-3H3,(H,14,17). The van der Waals surface area contributed by atoms with Crippen LogP contribution in [-0.2, 0) is 11.3 Å². The lowest BCUT2D eigenvalue weighted by Gasteiger charge is -2.11. The summed E-state index contributed by atoms with van der Waals surface area (Å²) < 4.78 is 6.13. The Bertz CT molecular complexity index is 505. The second kappa shape index (κ2) is 6.75. The predicted octanol–water partition coefficient (Wildman–Crippen LogP) is 1.74. The molecule has 0 atom stereocenters. The van der Waals surface area contributed by atoms with Gasteiger partial charge in [-0.1, -0.05) is 25.4 Å². The largest absolute Gasteiger partial charge is 0.385 e. The summed E-state index contributed by atoms with van der Waals surface area (Å²) >= 11 is 5.90. The first-order valence-electron chi connectivity index (χ1n) is 6.00. The van der Waals surface area contributed by atoms with E-state index in [0.29, 0.717) is 18.7 Å². The number of aromatic nitrogens is 2. The summed E-state index contributed by atoms with van der Waals surface area (Å²) in [6.07, 6.45) is 1.53. The SMILES string of the molecule is COCCCCn1c(=O)[nH]c(Cl)c(C(C)C)c1=O. The van der Waals surface area contributed by atoms with Crippen molar-refractivity contribution >= 4 is 11.6 Å². The molecule has 0 aliphatic heterocycles. The van der Waals surface area contributed by atoms with Crippen molar-refractivity contribution in [2.45, 2.75) is 39.2 Å². The Morgan fingerprint density at radius 2 is 2.00 bits per heavy atom. The predicted molar refractivity (Wildman–Crippen MR) is 71.5 cm³/mol. The molecule has 0 saturated carbocycles. The zero-order valence-electron chi connectivity index (χ0n) is 11.0. The molecule has 5 nitrogen and oxygen atoms in total. The molecule has 1 aromatic heterocycles. The Morgan fingerprint density at radius 1 is 1.33 bits per heavy atom. The Hall–Kier alpha value is -1.07. The summed E-state index contributed by atoms with van der Waals surface area (Å²) in [4.78, 5) is 26.3. The molecular weight excluding hydrogens is 256 g/mol. The van der Waals surface area contributed by atoms with Crippen LogP contribution in [0, 0.1) is 0 Å². The number of unbranched alkanes of at least 4 members (excludes halogenated alkanes) is 1. The van der Waals surface area contributed by atoms with Crippen LogP contribution < -0.4 is 11.2 Å². The number of hydrogen-bond acceptors (Lipinski definition) is 3. The molecule has 0 amide bonds. The maximum Gasteiger partial charge on any atom is 0.329 e. The number of ether oxygens (including phenoxy) is 1. The fourth-order valence-electron chi connectivity index (χ4n) is 1.78. The topological polar surface area (TPSA) is 64.1 Å². The molecule has 1 N–H and O–H groups in total. The molecule has 0 saturated heterocycles. The Kier molecular flexibility index (Phi) is 5.62. The lowest BCUT2D eigenvalue weighted by atomic mass is 10.1. The molecule has 0 unspecified atom stereocenters. The number of hydrogen-bond donors (Lipinski definition) is 1. The highest BCUT2D eigenvalue weighted by Gasteiger charge is 2.15. The van der Waals surface area contributed by atoms with Gasteiger partial charge in [0.1, 0.15) is 5.15 Å². The smallest absolute Gasteiger partial charge is 0.329 e. The molecule has 0 radical (unpaired) electrons. The third kappa shape index (κ3) is 3.46. The van der Waals surface area contributed by atoms with E-state index in [0.717, 1.165) is 12.8 Å². The third-order valence-electron chi connectivity index (χ3n) is 2.73. The Balaban J connectivity index is 3.01. The summed E-state index contributed by atoms with van der Waals surface area (Å²) in [6.45, 7) is 4.75. The molecule has 1 rings (SSSR count). The molecule has 102 valence electrons. The number of H-pyrrole nitrogens is 1. The summed E-state index contributed by atoms with van der Waals surface area (Å²) in [5, 5.41) is 0.146. The van der Waals surface area contributed by atoms with E-state index in [2.05, 4.69) is 4.98 Å². The molecule has 1 heterocycles. The number of aromatic amines is 1. The number of rotatable bonds is 6. The summed E-state index contributed by atoms with van der Waals surface area (Å²) in [5.74, 6) is -0.0212. The second-order valence-corrected chi connectivity index (χ2v) is 4.85. The van der Waals surface area contributed by atoms with E-state index in [1.165, 1.54) is 4.57 Å². The van der Waals surface area contributed by atoms with Gasteiger partial charge in [-0.25, -0.2) is 4.79 Å². The second-order valence-electron chi connectivity index (χ2n) is 4.47. The highest BCUT2D eigenvalue weighted by atomic mass is 35.5. The van der Waals surface area contributed by atoms with E-state index in [9.17, 15) is 9.59 Å². The van der Waals surface area contributed by atoms with Crippen molar-refractivity contribution in [1.29, 1.82) is 0 Å². The van der Waals surface area contributed by atoms with Gasteiger partial charge in [-0.15, -0.1) is 0 Å². The minimum absolute atomic E-state index is 0.0212. The zero-order chi connectivity index (χ0) is 13.7. The van der Waals surface area contributed by atoms with Gasteiger partial charge in [0.25, 0.3) is 5.56 Å². The fourth-order valence-corrected chi connectivity index (χ4v) is 2.16. The van der Waals surface area contributed by atoms with Gasteiger partial charge in [-0.2, -0.15) is 0 Å². The third-order valence-corrected chi connectivity index (χ3v) is 3.03. The normalized spacial score (nSPS) is 11.2. The molecule has 1 aromatic rings. The van der Waals surface area contributed by atoms with Gasteiger partial charge in [0.05, 0.1) is 5.56 Å². The molecule has 0 bridgehead atoms. The van der Waals surface area contributed by atoms with Crippen LogP contribution in [-0.4, -0.2) is 23.3 Å². The zero-order valence-corrected chi connectivity index (χ0v) is 11.7. The van der Waals surface area contributed by atoms with Crippen LogP contribution in [0.4, 0.5) is 0 Å². The van der Waals surface area contributed by atoms with Gasteiger partial charge in [0.15, 0.2) is 0 Å². The van der Waals surface area contributed by atoms with E-state index in [1.807, 2.05) is 13.8 Å². The van der Waals surface area contributed by atoms with Crippen LogP contribution >= 0.6 is 11.6 Å². The average molecular weight is 275 g/mol. The number of methoxy groups -OCH3 is 1. The first-order valence-corrected chi connectivity index (χ1v) is 6.38. The van der Waals surface area contributed by atoms with Crippen LogP contribution in [0.2, 0.25) is 5.15 Å². The molecule has 0 aliphatic carbocycles. The molecular formula is C12H19ClN2O3. The van der Waals surface area contributed by atoms with Crippen molar-refractivity contribution in [3.05, 3.63) is 31.6 Å². The van der Waals surface area contributed by atoms with Crippen molar-refractivity contribution in [2.75, 3.05) is 13.7 Å². The van der Waals surface area contributed by atoms with Gasteiger partial charge < -0.3 is 4.74 Å². The van der Waals surface area contributed by atoms with Gasteiger partial charge >= 0.3 is 5.69 Å². The summed E-state index contributed by atoms with van der Waals surface area (Å²) in [7, 11) is 1.62. The van der Waals surface area contributed by atoms with Crippen molar-refractivity contribution in [1.82, 2.24) is 9.55 Å². The van der Waals surface area contributed by atoms with Crippen LogP contribution in [0.1, 0.15) is 38.2 Å². The van der Waals surface area contributed by atoms with E-state index in [1.54, 1.807) is 7.11 Å². The van der Waals surface area contributed by atoms with Crippen molar-refractivity contribution in [2.24, 2.45) is 0 Å². The highest BCUT2D eigenvalue weighted by Crippen LogP contribution is 2.16. The first-order chi connectivity index (χ1) is 8.49. The highest BCUT2D eigenvalue weighted by molar-refractivity contribution is 6.30. The van der Waals surface area contributed by atoms with Crippen molar-refractivity contribution < 1.29 is 4.74 Å². The van der Waals surface area contributed by atoms with E-state index in [4.69, 9.17) is 16.3 Å². The maximum absolute atomic E-state index is 12.1. The summed E-state index contributed by atoms with van der Waals surface area (Å²) in [6, 6.07) is 0.